The van der Waals surface area contributed by atoms with Crippen LogP contribution in [0.5, 0.6) is 0 Å². The molecule has 0 fully saturated rings. The van der Waals surface area contributed by atoms with E-state index in [1.807, 2.05) is 20.0 Å². The van der Waals surface area contributed by atoms with Crippen LogP contribution in [0.2, 0.25) is 0 Å². The quantitative estimate of drug-likeness (QED) is 0.870. The Morgan fingerprint density at radius 2 is 2.00 bits per heavy atom. The number of carbonyl (C=O) groups excluding carboxylic acids is 1. The van der Waals surface area contributed by atoms with Crippen molar-refractivity contribution < 1.29 is 4.79 Å². The van der Waals surface area contributed by atoms with Crippen molar-refractivity contribution in [2.45, 2.75) is 33.2 Å². The molecule has 2 rings (SSSR count). The Morgan fingerprint density at radius 1 is 1.38 bits per heavy atom. The molecule has 0 aliphatic rings. The number of carbonyl (C=O) groups is 1. The third-order valence-electron chi connectivity index (χ3n) is 4.11. The standard InChI is InChI=1S/C16H25N5O.2ClH/c1-10(2)14(17)6-7-20(4)16(22)12-8-13-11(3)19-21(5)15(13)18-9-12;;/h8-10,14H,6-7,17H2,1-5H3;2*1H. The van der Waals surface area contributed by atoms with E-state index in [1.165, 1.54) is 0 Å². The van der Waals surface area contributed by atoms with Crippen molar-refractivity contribution in [2.24, 2.45) is 18.7 Å². The van der Waals surface area contributed by atoms with E-state index in [2.05, 4.69) is 23.9 Å². The van der Waals surface area contributed by atoms with Gasteiger partial charge in [0, 0.05) is 38.3 Å². The number of hydrogen-bond donors (Lipinski definition) is 1. The summed E-state index contributed by atoms with van der Waals surface area (Å²) in [6.45, 7) is 6.75. The van der Waals surface area contributed by atoms with E-state index in [0.717, 1.165) is 23.1 Å². The molecule has 2 aromatic heterocycles. The largest absolute Gasteiger partial charge is 0.342 e. The average Bonchev–Trinajstić information content (AvgIpc) is 2.77. The fourth-order valence-electron chi connectivity index (χ4n) is 2.42. The van der Waals surface area contributed by atoms with Crippen LogP contribution in [0.1, 0.15) is 36.3 Å². The van der Waals surface area contributed by atoms with Gasteiger partial charge in [0.25, 0.3) is 5.91 Å². The summed E-state index contributed by atoms with van der Waals surface area (Å²) in [5.74, 6) is 0.383. The third kappa shape index (κ3) is 4.82. The first-order valence-electron chi connectivity index (χ1n) is 7.61. The van der Waals surface area contributed by atoms with Crippen molar-refractivity contribution in [1.82, 2.24) is 19.7 Å². The number of aromatic nitrogens is 3. The van der Waals surface area contributed by atoms with Gasteiger partial charge in [0.05, 0.1) is 11.3 Å². The first-order chi connectivity index (χ1) is 10.3. The molecule has 136 valence electrons. The Kier molecular flexibility index (Phi) is 8.68. The maximum atomic E-state index is 12.5. The lowest BCUT2D eigenvalue weighted by molar-refractivity contribution is 0.0789. The summed E-state index contributed by atoms with van der Waals surface area (Å²) in [6, 6.07) is 1.97. The molecule has 0 aliphatic carbocycles. The van der Waals surface area contributed by atoms with Crippen LogP contribution in [-0.2, 0) is 7.05 Å². The highest BCUT2D eigenvalue weighted by molar-refractivity contribution is 5.97. The van der Waals surface area contributed by atoms with Gasteiger partial charge in [-0.25, -0.2) is 4.98 Å². The Balaban J connectivity index is 0.00000264. The Bertz CT molecular complexity index is 686. The second-order valence-corrected chi connectivity index (χ2v) is 6.23. The number of rotatable bonds is 5. The Morgan fingerprint density at radius 3 is 2.58 bits per heavy atom. The average molecular weight is 376 g/mol. The molecule has 6 nitrogen and oxygen atoms in total. The van der Waals surface area contributed by atoms with Gasteiger partial charge in [0.2, 0.25) is 0 Å². The minimum absolute atomic E-state index is 0. The predicted octanol–water partition coefficient (Wildman–Crippen LogP) is 2.57. The molecule has 8 heteroatoms. The van der Waals surface area contributed by atoms with E-state index in [1.54, 1.807) is 22.8 Å². The number of hydrogen-bond acceptors (Lipinski definition) is 4. The number of nitrogens with zero attached hydrogens (tertiary/aromatic N) is 4. The zero-order chi connectivity index (χ0) is 16.4. The van der Waals surface area contributed by atoms with Gasteiger partial charge in [-0.3, -0.25) is 9.48 Å². The van der Waals surface area contributed by atoms with Crippen LogP contribution in [0.3, 0.4) is 0 Å². The Hall–Kier alpha value is -1.37. The van der Waals surface area contributed by atoms with Crippen LogP contribution in [0.25, 0.3) is 11.0 Å². The SMILES string of the molecule is Cc1nn(C)c2ncc(C(=O)N(C)CCC(N)C(C)C)cc12.Cl.Cl. The van der Waals surface area contributed by atoms with Crippen LogP contribution in [-0.4, -0.2) is 45.2 Å². The zero-order valence-corrected chi connectivity index (χ0v) is 16.4. The van der Waals surface area contributed by atoms with Gasteiger partial charge in [-0.15, -0.1) is 24.8 Å². The van der Waals surface area contributed by atoms with Crippen LogP contribution >= 0.6 is 24.8 Å². The van der Waals surface area contributed by atoms with Gasteiger partial charge < -0.3 is 10.6 Å². The lowest BCUT2D eigenvalue weighted by atomic mass is 10.0. The second kappa shape index (κ2) is 9.20. The van der Waals surface area contributed by atoms with Gasteiger partial charge in [-0.2, -0.15) is 5.10 Å². The smallest absolute Gasteiger partial charge is 0.255 e. The highest BCUT2D eigenvalue weighted by Crippen LogP contribution is 2.17. The molecule has 2 heterocycles. The van der Waals surface area contributed by atoms with E-state index in [-0.39, 0.29) is 36.8 Å². The summed E-state index contributed by atoms with van der Waals surface area (Å²) in [4.78, 5) is 18.6. The van der Waals surface area contributed by atoms with Crippen LogP contribution in [0.4, 0.5) is 0 Å². The van der Waals surface area contributed by atoms with Crippen molar-refractivity contribution in [3.8, 4) is 0 Å². The zero-order valence-electron chi connectivity index (χ0n) is 14.8. The summed E-state index contributed by atoms with van der Waals surface area (Å²) in [5, 5.41) is 5.24. The lowest BCUT2D eigenvalue weighted by Gasteiger charge is -2.21. The monoisotopic (exact) mass is 375 g/mol. The van der Waals surface area contributed by atoms with Crippen LogP contribution in [0.15, 0.2) is 12.3 Å². The van der Waals surface area contributed by atoms with E-state index < -0.39 is 0 Å². The van der Waals surface area contributed by atoms with E-state index >= 15 is 0 Å². The minimum Gasteiger partial charge on any atom is -0.342 e. The van der Waals surface area contributed by atoms with Crippen molar-refractivity contribution in [1.29, 1.82) is 0 Å². The highest BCUT2D eigenvalue weighted by atomic mass is 35.5. The summed E-state index contributed by atoms with van der Waals surface area (Å²) in [5.41, 5.74) is 8.30. The topological polar surface area (TPSA) is 77.0 Å². The Labute approximate surface area is 155 Å². The minimum atomic E-state index is -0.0337. The lowest BCUT2D eigenvalue weighted by Crippen LogP contribution is -2.34. The number of halogens is 2. The molecule has 2 aromatic rings. The van der Waals surface area contributed by atoms with Gasteiger partial charge in [-0.05, 0) is 25.3 Å². The maximum absolute atomic E-state index is 12.5. The second-order valence-electron chi connectivity index (χ2n) is 6.23. The van der Waals surface area contributed by atoms with E-state index in [9.17, 15) is 4.79 Å². The van der Waals surface area contributed by atoms with Gasteiger partial charge in [-0.1, -0.05) is 13.8 Å². The highest BCUT2D eigenvalue weighted by Gasteiger charge is 2.16. The van der Waals surface area contributed by atoms with Gasteiger partial charge in [0.15, 0.2) is 5.65 Å². The molecule has 0 bridgehead atoms. The fraction of sp³-hybridized carbons (Fsp3) is 0.562. The molecular weight excluding hydrogens is 349 g/mol. The molecule has 0 aromatic carbocycles. The number of nitrogens with two attached hydrogens (primary N) is 1. The number of pyridine rings is 1. The maximum Gasteiger partial charge on any atom is 0.255 e. The summed E-state index contributed by atoms with van der Waals surface area (Å²) >= 11 is 0. The normalized spacial score (nSPS) is 11.8. The number of aryl methyl sites for hydroxylation is 2. The third-order valence-corrected chi connectivity index (χ3v) is 4.11. The fourth-order valence-corrected chi connectivity index (χ4v) is 2.42. The molecule has 0 spiro atoms. The molecule has 0 aliphatic heterocycles. The summed E-state index contributed by atoms with van der Waals surface area (Å²) in [7, 11) is 3.65. The van der Waals surface area contributed by atoms with Gasteiger partial charge >= 0.3 is 0 Å². The van der Waals surface area contributed by atoms with Crippen molar-refractivity contribution in [3.05, 3.63) is 23.5 Å². The molecule has 0 saturated carbocycles. The molecular formula is C16H27Cl2N5O. The molecule has 1 unspecified atom stereocenters. The molecule has 1 amide bonds. The summed E-state index contributed by atoms with van der Waals surface area (Å²) in [6.07, 6.45) is 2.41. The number of amides is 1. The number of fused-ring (bicyclic) bond motifs is 1. The van der Waals surface area contributed by atoms with Crippen LogP contribution < -0.4 is 5.73 Å². The molecule has 1 atom stereocenters. The van der Waals surface area contributed by atoms with E-state index in [0.29, 0.717) is 18.0 Å². The van der Waals surface area contributed by atoms with Crippen molar-refractivity contribution in [3.63, 3.8) is 0 Å². The van der Waals surface area contributed by atoms with E-state index in [4.69, 9.17) is 5.73 Å². The van der Waals surface area contributed by atoms with Crippen LogP contribution in [0, 0.1) is 12.8 Å². The molecule has 24 heavy (non-hydrogen) atoms. The molecule has 0 radical (unpaired) electrons. The first-order valence-corrected chi connectivity index (χ1v) is 7.61. The summed E-state index contributed by atoms with van der Waals surface area (Å²) < 4.78 is 1.73. The first kappa shape index (κ1) is 22.6. The molecule has 2 N–H and O–H groups in total. The van der Waals surface area contributed by atoms with Crippen molar-refractivity contribution >= 4 is 41.8 Å². The van der Waals surface area contributed by atoms with Gasteiger partial charge in [0.1, 0.15) is 0 Å². The predicted molar refractivity (Wildman–Crippen MR) is 102 cm³/mol. The van der Waals surface area contributed by atoms with Crippen molar-refractivity contribution in [2.75, 3.05) is 13.6 Å². The molecule has 0 saturated heterocycles.